The Morgan fingerprint density at radius 1 is 1.39 bits per heavy atom. The standard InChI is InChI=1S/C12H9BrFN3O/c1-7-6-15-4-3-9(7)17-12(18)10-8(13)2-5-16-11(10)14/h2-6H,1H3,(H,15,17,18). The van der Waals surface area contributed by atoms with E-state index >= 15 is 0 Å². The van der Waals surface area contributed by atoms with Gasteiger partial charge in [0, 0.05) is 28.8 Å². The maximum atomic E-state index is 13.5. The molecule has 0 aliphatic rings. The lowest BCUT2D eigenvalue weighted by molar-refractivity contribution is 0.102. The van der Waals surface area contributed by atoms with Crippen LogP contribution in [0.25, 0.3) is 0 Å². The molecule has 0 atom stereocenters. The molecule has 4 nitrogen and oxygen atoms in total. The molecule has 2 rings (SSSR count). The number of hydrogen-bond acceptors (Lipinski definition) is 3. The second-order valence-corrected chi connectivity index (χ2v) is 4.46. The lowest BCUT2D eigenvalue weighted by Gasteiger charge is -2.08. The van der Waals surface area contributed by atoms with Gasteiger partial charge in [-0.05, 0) is 40.5 Å². The largest absolute Gasteiger partial charge is 0.321 e. The van der Waals surface area contributed by atoms with Crippen LogP contribution in [-0.2, 0) is 0 Å². The number of carbonyl (C=O) groups excluding carboxylic acids is 1. The molecule has 18 heavy (non-hydrogen) atoms. The molecule has 0 aliphatic carbocycles. The van der Waals surface area contributed by atoms with Crippen LogP contribution < -0.4 is 5.32 Å². The summed E-state index contributed by atoms with van der Waals surface area (Å²) < 4.78 is 13.9. The summed E-state index contributed by atoms with van der Waals surface area (Å²) in [6, 6.07) is 3.16. The van der Waals surface area contributed by atoms with Gasteiger partial charge in [-0.2, -0.15) is 4.39 Å². The molecule has 6 heteroatoms. The van der Waals surface area contributed by atoms with E-state index in [1.807, 2.05) is 0 Å². The topological polar surface area (TPSA) is 54.9 Å². The third kappa shape index (κ3) is 2.53. The van der Waals surface area contributed by atoms with E-state index < -0.39 is 11.9 Å². The molecule has 0 aromatic carbocycles. The molecule has 0 unspecified atom stereocenters. The van der Waals surface area contributed by atoms with Crippen molar-refractivity contribution >= 4 is 27.5 Å². The highest BCUT2D eigenvalue weighted by atomic mass is 79.9. The fourth-order valence-corrected chi connectivity index (χ4v) is 1.88. The van der Waals surface area contributed by atoms with Gasteiger partial charge >= 0.3 is 0 Å². The Morgan fingerprint density at radius 2 is 2.17 bits per heavy atom. The fraction of sp³-hybridized carbons (Fsp3) is 0.0833. The van der Waals surface area contributed by atoms with Gasteiger partial charge in [0.2, 0.25) is 5.95 Å². The zero-order chi connectivity index (χ0) is 13.1. The van der Waals surface area contributed by atoms with Gasteiger partial charge < -0.3 is 5.32 Å². The number of amides is 1. The van der Waals surface area contributed by atoms with Crippen molar-refractivity contribution in [3.8, 4) is 0 Å². The molecule has 0 fully saturated rings. The molecule has 0 spiro atoms. The highest BCUT2D eigenvalue weighted by Gasteiger charge is 2.17. The molecule has 1 N–H and O–H groups in total. The van der Waals surface area contributed by atoms with Crippen LogP contribution in [-0.4, -0.2) is 15.9 Å². The van der Waals surface area contributed by atoms with Crippen LogP contribution in [0.5, 0.6) is 0 Å². The second kappa shape index (κ2) is 5.22. The average molecular weight is 310 g/mol. The first-order valence-electron chi connectivity index (χ1n) is 5.11. The number of aryl methyl sites for hydroxylation is 1. The molecular formula is C12H9BrFN3O. The van der Waals surface area contributed by atoms with E-state index in [-0.39, 0.29) is 5.56 Å². The summed E-state index contributed by atoms with van der Waals surface area (Å²) >= 11 is 3.13. The summed E-state index contributed by atoms with van der Waals surface area (Å²) in [5, 5.41) is 2.62. The highest BCUT2D eigenvalue weighted by Crippen LogP contribution is 2.20. The van der Waals surface area contributed by atoms with Crippen molar-refractivity contribution in [2.45, 2.75) is 6.92 Å². The predicted octanol–water partition coefficient (Wildman–Crippen LogP) is 2.94. The van der Waals surface area contributed by atoms with E-state index in [4.69, 9.17) is 0 Å². The Morgan fingerprint density at radius 3 is 2.83 bits per heavy atom. The lowest BCUT2D eigenvalue weighted by Crippen LogP contribution is -2.16. The first-order valence-corrected chi connectivity index (χ1v) is 5.91. The number of rotatable bonds is 2. The maximum Gasteiger partial charge on any atom is 0.261 e. The van der Waals surface area contributed by atoms with Gasteiger partial charge in [-0.1, -0.05) is 0 Å². The number of carbonyl (C=O) groups is 1. The summed E-state index contributed by atoms with van der Waals surface area (Å²) in [7, 11) is 0. The van der Waals surface area contributed by atoms with E-state index in [0.717, 1.165) is 5.56 Å². The van der Waals surface area contributed by atoms with Crippen LogP contribution in [0.1, 0.15) is 15.9 Å². The second-order valence-electron chi connectivity index (χ2n) is 3.60. The molecule has 92 valence electrons. The number of pyridine rings is 2. The van der Waals surface area contributed by atoms with Crippen LogP contribution in [0.2, 0.25) is 0 Å². The first kappa shape index (κ1) is 12.6. The Bertz CT molecular complexity index is 583. The zero-order valence-electron chi connectivity index (χ0n) is 9.45. The van der Waals surface area contributed by atoms with Crippen LogP contribution in [0.15, 0.2) is 35.2 Å². The van der Waals surface area contributed by atoms with E-state index in [0.29, 0.717) is 10.2 Å². The highest BCUT2D eigenvalue weighted by molar-refractivity contribution is 9.10. The maximum absolute atomic E-state index is 13.5. The molecular weight excluding hydrogens is 301 g/mol. The monoisotopic (exact) mass is 309 g/mol. The summed E-state index contributed by atoms with van der Waals surface area (Å²) in [6.45, 7) is 1.80. The van der Waals surface area contributed by atoms with Crippen molar-refractivity contribution in [3.63, 3.8) is 0 Å². The van der Waals surface area contributed by atoms with Crippen molar-refractivity contribution in [1.29, 1.82) is 0 Å². The normalized spacial score (nSPS) is 10.2. The molecule has 2 heterocycles. The van der Waals surface area contributed by atoms with E-state index in [1.54, 1.807) is 25.4 Å². The van der Waals surface area contributed by atoms with Crippen molar-refractivity contribution in [3.05, 3.63) is 52.3 Å². The number of hydrogen-bond donors (Lipinski definition) is 1. The van der Waals surface area contributed by atoms with Crippen molar-refractivity contribution in [2.24, 2.45) is 0 Å². The summed E-state index contributed by atoms with van der Waals surface area (Å²) in [6.07, 6.45) is 4.45. The Labute approximate surface area is 111 Å². The molecule has 0 bridgehead atoms. The van der Waals surface area contributed by atoms with Crippen molar-refractivity contribution in [1.82, 2.24) is 9.97 Å². The minimum Gasteiger partial charge on any atom is -0.321 e. The summed E-state index contributed by atoms with van der Waals surface area (Å²) in [5.74, 6) is -1.37. The average Bonchev–Trinajstić information content (AvgIpc) is 2.32. The van der Waals surface area contributed by atoms with Crippen LogP contribution in [0, 0.1) is 12.9 Å². The predicted molar refractivity (Wildman–Crippen MR) is 68.8 cm³/mol. The molecule has 2 aromatic rings. The Balaban J connectivity index is 2.31. The third-order valence-corrected chi connectivity index (χ3v) is 3.01. The van der Waals surface area contributed by atoms with Gasteiger partial charge in [0.15, 0.2) is 0 Å². The first-order chi connectivity index (χ1) is 8.59. The smallest absolute Gasteiger partial charge is 0.261 e. The summed E-state index contributed by atoms with van der Waals surface area (Å²) in [4.78, 5) is 19.3. The minimum atomic E-state index is -0.811. The van der Waals surface area contributed by atoms with Crippen LogP contribution >= 0.6 is 15.9 Å². The number of anilines is 1. The molecule has 0 saturated carbocycles. The van der Waals surface area contributed by atoms with Crippen LogP contribution in [0.4, 0.5) is 10.1 Å². The minimum absolute atomic E-state index is 0.117. The third-order valence-electron chi connectivity index (χ3n) is 2.35. The Hall–Kier alpha value is -1.82. The molecule has 2 aromatic heterocycles. The number of aromatic nitrogens is 2. The zero-order valence-corrected chi connectivity index (χ0v) is 11.0. The molecule has 0 saturated heterocycles. The van der Waals surface area contributed by atoms with Crippen LogP contribution in [0.3, 0.4) is 0 Å². The molecule has 0 aliphatic heterocycles. The SMILES string of the molecule is Cc1cnccc1NC(=O)c1c(Br)ccnc1F. The van der Waals surface area contributed by atoms with Gasteiger partial charge in [-0.15, -0.1) is 0 Å². The summed E-state index contributed by atoms with van der Waals surface area (Å²) in [5.41, 5.74) is 1.27. The number of nitrogens with zero attached hydrogens (tertiary/aromatic N) is 2. The van der Waals surface area contributed by atoms with Gasteiger partial charge in [-0.3, -0.25) is 9.78 Å². The number of nitrogens with one attached hydrogen (secondary N) is 1. The van der Waals surface area contributed by atoms with Gasteiger partial charge in [0.25, 0.3) is 5.91 Å². The van der Waals surface area contributed by atoms with Gasteiger partial charge in [0.05, 0.1) is 0 Å². The Kier molecular flexibility index (Phi) is 3.66. The molecule has 0 radical (unpaired) electrons. The van der Waals surface area contributed by atoms with Crippen molar-refractivity contribution in [2.75, 3.05) is 5.32 Å². The quantitative estimate of drug-likeness (QED) is 0.868. The van der Waals surface area contributed by atoms with Crippen molar-refractivity contribution < 1.29 is 9.18 Å². The van der Waals surface area contributed by atoms with Gasteiger partial charge in [0.1, 0.15) is 5.56 Å². The van der Waals surface area contributed by atoms with E-state index in [9.17, 15) is 9.18 Å². The molecule has 1 amide bonds. The fourth-order valence-electron chi connectivity index (χ4n) is 1.42. The lowest BCUT2D eigenvalue weighted by atomic mass is 10.2. The van der Waals surface area contributed by atoms with Gasteiger partial charge in [-0.25, -0.2) is 4.98 Å². The number of halogens is 2. The van der Waals surface area contributed by atoms with E-state index in [2.05, 4.69) is 31.2 Å². The van der Waals surface area contributed by atoms with E-state index in [1.165, 1.54) is 12.3 Å².